The van der Waals surface area contributed by atoms with Crippen LogP contribution in [0.2, 0.25) is 5.02 Å². The van der Waals surface area contributed by atoms with Crippen molar-refractivity contribution >= 4 is 28.2 Å². The van der Waals surface area contributed by atoms with Crippen LogP contribution in [0, 0.1) is 11.3 Å². The molecule has 23 heavy (non-hydrogen) atoms. The second-order valence-corrected chi connectivity index (χ2v) is 5.46. The van der Waals surface area contributed by atoms with E-state index in [1.54, 1.807) is 13.3 Å². The molecule has 1 aromatic heterocycles. The van der Waals surface area contributed by atoms with Crippen LogP contribution in [0.15, 0.2) is 48.7 Å². The summed E-state index contributed by atoms with van der Waals surface area (Å²) in [6, 6.07) is 15.4. The molecule has 0 aliphatic heterocycles. The number of anilines is 1. The fourth-order valence-corrected chi connectivity index (χ4v) is 2.49. The fraction of sp³-hybridized carbons (Fsp3) is 0.111. The summed E-state index contributed by atoms with van der Waals surface area (Å²) in [5, 5.41) is 14.3. The van der Waals surface area contributed by atoms with Crippen LogP contribution >= 0.6 is 11.6 Å². The molecule has 1 N–H and O–H groups in total. The molecule has 0 atom stereocenters. The molecule has 0 spiro atoms. The summed E-state index contributed by atoms with van der Waals surface area (Å²) in [5.41, 5.74) is 3.14. The lowest BCUT2D eigenvalue weighted by atomic mass is 10.1. The van der Waals surface area contributed by atoms with Crippen LogP contribution in [0.4, 0.5) is 5.69 Å². The minimum Gasteiger partial charge on any atom is -0.497 e. The normalized spacial score (nSPS) is 10.3. The highest BCUT2D eigenvalue weighted by Crippen LogP contribution is 2.28. The van der Waals surface area contributed by atoms with E-state index in [9.17, 15) is 5.26 Å². The van der Waals surface area contributed by atoms with Gasteiger partial charge in [0.1, 0.15) is 11.8 Å². The van der Waals surface area contributed by atoms with Crippen molar-refractivity contribution in [2.24, 2.45) is 0 Å². The topological polar surface area (TPSA) is 57.9 Å². The number of methoxy groups -OCH3 is 1. The van der Waals surface area contributed by atoms with Crippen molar-refractivity contribution in [2.75, 3.05) is 12.4 Å². The van der Waals surface area contributed by atoms with Gasteiger partial charge in [0.2, 0.25) is 0 Å². The first-order valence-corrected chi connectivity index (χ1v) is 7.44. The monoisotopic (exact) mass is 323 g/mol. The predicted octanol–water partition coefficient (Wildman–Crippen LogP) is 4.38. The van der Waals surface area contributed by atoms with E-state index in [0.717, 1.165) is 27.9 Å². The Balaban J connectivity index is 1.97. The molecule has 5 heteroatoms. The number of halogens is 1. The average Bonchev–Trinajstić information content (AvgIpc) is 2.60. The van der Waals surface area contributed by atoms with E-state index in [4.69, 9.17) is 16.3 Å². The number of ether oxygens (including phenoxy) is 1. The standard InChI is InChI=1S/C18H14ClN3O/c1-23-15-6-7-16-17(8-15)21-11-13(9-20)18(16)22-10-12-2-4-14(19)5-3-12/h2-8,11H,10H2,1H3,(H,21,22). The van der Waals surface area contributed by atoms with Gasteiger partial charge in [0.25, 0.3) is 0 Å². The van der Waals surface area contributed by atoms with Crippen LogP contribution in [0.5, 0.6) is 5.75 Å². The number of nitrogens with one attached hydrogen (secondary N) is 1. The first kappa shape index (κ1) is 15.1. The third-order valence-corrected chi connectivity index (χ3v) is 3.83. The zero-order chi connectivity index (χ0) is 16.2. The minimum absolute atomic E-state index is 0.511. The molecule has 0 aliphatic carbocycles. The molecule has 0 aliphatic rings. The molecular weight excluding hydrogens is 310 g/mol. The maximum atomic E-state index is 9.34. The highest BCUT2D eigenvalue weighted by Gasteiger charge is 2.09. The number of nitriles is 1. The Morgan fingerprint density at radius 3 is 2.70 bits per heavy atom. The Morgan fingerprint density at radius 1 is 1.22 bits per heavy atom. The molecule has 0 saturated heterocycles. The van der Waals surface area contributed by atoms with Gasteiger partial charge in [-0.3, -0.25) is 4.98 Å². The maximum absolute atomic E-state index is 9.34. The first-order chi connectivity index (χ1) is 11.2. The van der Waals surface area contributed by atoms with E-state index >= 15 is 0 Å². The zero-order valence-electron chi connectivity index (χ0n) is 12.5. The van der Waals surface area contributed by atoms with Crippen molar-refractivity contribution < 1.29 is 4.74 Å². The maximum Gasteiger partial charge on any atom is 0.121 e. The Labute approximate surface area is 139 Å². The van der Waals surface area contributed by atoms with Gasteiger partial charge in [0, 0.05) is 29.2 Å². The molecular formula is C18H14ClN3O. The predicted molar refractivity (Wildman–Crippen MR) is 91.8 cm³/mol. The fourth-order valence-electron chi connectivity index (χ4n) is 2.37. The van der Waals surface area contributed by atoms with Crippen molar-refractivity contribution in [1.82, 2.24) is 4.98 Å². The number of benzene rings is 2. The molecule has 0 fully saturated rings. The molecule has 3 rings (SSSR count). The van der Waals surface area contributed by atoms with Crippen molar-refractivity contribution in [2.45, 2.75) is 6.54 Å². The summed E-state index contributed by atoms with van der Waals surface area (Å²) in [5.74, 6) is 0.735. The largest absolute Gasteiger partial charge is 0.497 e. The van der Waals surface area contributed by atoms with Gasteiger partial charge in [0.15, 0.2) is 0 Å². The SMILES string of the molecule is COc1ccc2c(NCc3ccc(Cl)cc3)c(C#N)cnc2c1. The number of hydrogen-bond acceptors (Lipinski definition) is 4. The van der Waals surface area contributed by atoms with Gasteiger partial charge in [-0.25, -0.2) is 0 Å². The number of hydrogen-bond donors (Lipinski definition) is 1. The first-order valence-electron chi connectivity index (χ1n) is 7.06. The molecule has 114 valence electrons. The Kier molecular flexibility index (Phi) is 4.31. The van der Waals surface area contributed by atoms with Crippen LogP contribution in [-0.2, 0) is 6.54 Å². The molecule has 0 amide bonds. The Morgan fingerprint density at radius 2 is 2.00 bits per heavy atom. The van der Waals surface area contributed by atoms with Crippen molar-refractivity contribution in [3.8, 4) is 11.8 Å². The van der Waals surface area contributed by atoms with E-state index in [2.05, 4.69) is 16.4 Å². The summed E-state index contributed by atoms with van der Waals surface area (Å²) in [7, 11) is 1.62. The van der Waals surface area contributed by atoms with Gasteiger partial charge in [-0.15, -0.1) is 0 Å². The second kappa shape index (κ2) is 6.55. The molecule has 1 heterocycles. The van der Waals surface area contributed by atoms with Crippen molar-refractivity contribution in [3.05, 3.63) is 64.8 Å². The molecule has 2 aromatic carbocycles. The highest BCUT2D eigenvalue weighted by atomic mass is 35.5. The van der Waals surface area contributed by atoms with Crippen LogP contribution < -0.4 is 10.1 Å². The molecule has 4 nitrogen and oxygen atoms in total. The van der Waals surface area contributed by atoms with Gasteiger partial charge in [-0.2, -0.15) is 5.26 Å². The summed E-state index contributed by atoms with van der Waals surface area (Å²) < 4.78 is 5.22. The molecule has 0 radical (unpaired) electrons. The van der Waals surface area contributed by atoms with E-state index in [0.29, 0.717) is 17.1 Å². The van der Waals surface area contributed by atoms with Crippen LogP contribution in [-0.4, -0.2) is 12.1 Å². The summed E-state index contributed by atoms with van der Waals surface area (Å²) in [6.07, 6.45) is 1.58. The molecule has 3 aromatic rings. The number of nitrogens with zero attached hydrogens (tertiary/aromatic N) is 2. The van der Waals surface area contributed by atoms with Gasteiger partial charge in [-0.05, 0) is 29.8 Å². The van der Waals surface area contributed by atoms with Gasteiger partial charge in [0.05, 0.1) is 23.9 Å². The summed E-state index contributed by atoms with van der Waals surface area (Å²) >= 11 is 5.90. The molecule has 0 bridgehead atoms. The lowest BCUT2D eigenvalue weighted by molar-refractivity contribution is 0.415. The van der Waals surface area contributed by atoms with Crippen LogP contribution in [0.3, 0.4) is 0 Å². The summed E-state index contributed by atoms with van der Waals surface area (Å²) in [4.78, 5) is 4.33. The Hall–Kier alpha value is -2.77. The van der Waals surface area contributed by atoms with E-state index in [-0.39, 0.29) is 0 Å². The minimum atomic E-state index is 0.511. The molecule has 0 unspecified atom stereocenters. The van der Waals surface area contributed by atoms with Gasteiger partial charge < -0.3 is 10.1 Å². The lowest BCUT2D eigenvalue weighted by Crippen LogP contribution is -2.03. The quantitative estimate of drug-likeness (QED) is 0.774. The van der Waals surface area contributed by atoms with E-state index in [1.807, 2.05) is 42.5 Å². The average molecular weight is 324 g/mol. The third kappa shape index (κ3) is 3.20. The van der Waals surface area contributed by atoms with E-state index < -0.39 is 0 Å². The van der Waals surface area contributed by atoms with Gasteiger partial charge >= 0.3 is 0 Å². The summed E-state index contributed by atoms with van der Waals surface area (Å²) in [6.45, 7) is 0.594. The smallest absolute Gasteiger partial charge is 0.121 e. The number of fused-ring (bicyclic) bond motifs is 1. The third-order valence-electron chi connectivity index (χ3n) is 3.58. The van der Waals surface area contributed by atoms with E-state index in [1.165, 1.54) is 0 Å². The number of aromatic nitrogens is 1. The van der Waals surface area contributed by atoms with Gasteiger partial charge in [-0.1, -0.05) is 23.7 Å². The van der Waals surface area contributed by atoms with Crippen LogP contribution in [0.25, 0.3) is 10.9 Å². The number of pyridine rings is 1. The van der Waals surface area contributed by atoms with Crippen molar-refractivity contribution in [3.63, 3.8) is 0 Å². The highest BCUT2D eigenvalue weighted by molar-refractivity contribution is 6.30. The lowest BCUT2D eigenvalue weighted by Gasteiger charge is -2.12. The Bertz CT molecular complexity index is 885. The second-order valence-electron chi connectivity index (χ2n) is 5.02. The number of rotatable bonds is 4. The van der Waals surface area contributed by atoms with Crippen LogP contribution in [0.1, 0.15) is 11.1 Å². The van der Waals surface area contributed by atoms with Crippen molar-refractivity contribution in [1.29, 1.82) is 5.26 Å². The zero-order valence-corrected chi connectivity index (χ0v) is 13.3. The molecule has 0 saturated carbocycles.